The van der Waals surface area contributed by atoms with Gasteiger partial charge in [0.05, 0.1) is 6.26 Å². The molecule has 0 unspecified atom stereocenters. The normalized spacial score (nSPS) is 11.9. The first-order valence-electron chi connectivity index (χ1n) is 4.59. The molecule has 0 amide bonds. The number of benzene rings is 1. The smallest absolute Gasteiger partial charge is 0.229 e. The third-order valence-electron chi connectivity index (χ3n) is 2.03. The zero-order valence-electron chi connectivity index (χ0n) is 8.60. The highest BCUT2D eigenvalue weighted by Gasteiger charge is 2.06. The van der Waals surface area contributed by atoms with Crippen molar-refractivity contribution in [1.29, 1.82) is 0 Å². The molecule has 1 aromatic carbocycles. The Morgan fingerprint density at radius 2 is 2.12 bits per heavy atom. The first kappa shape index (κ1) is 11.0. The predicted molar refractivity (Wildman–Crippen MR) is 60.6 cm³/mol. The molecule has 2 aromatic rings. The second-order valence-electron chi connectivity index (χ2n) is 3.50. The van der Waals surface area contributed by atoms with Crippen LogP contribution in [0.25, 0.3) is 11.0 Å². The van der Waals surface area contributed by atoms with Crippen LogP contribution in [0.2, 0.25) is 0 Å². The number of furan rings is 1. The number of aliphatic hydroxyl groups is 1. The molecule has 0 atom stereocenters. The van der Waals surface area contributed by atoms with Crippen molar-refractivity contribution in [2.24, 2.45) is 0 Å². The van der Waals surface area contributed by atoms with Gasteiger partial charge in [0.15, 0.2) is 0 Å². The van der Waals surface area contributed by atoms with Crippen molar-refractivity contribution in [3.8, 4) is 0 Å². The molecule has 0 radical (unpaired) electrons. The predicted octanol–water partition coefficient (Wildman–Crippen LogP) is 1.30. The fourth-order valence-corrected chi connectivity index (χ4v) is 2.01. The van der Waals surface area contributed by atoms with Crippen LogP contribution in [0.5, 0.6) is 0 Å². The highest BCUT2D eigenvalue weighted by atomic mass is 32.2. The maximum Gasteiger partial charge on any atom is 0.229 e. The standard InChI is InChI=1S/C10H11NO4S/c1-16(13,14)11-8-2-3-10-7(4-8)5-9(6-12)15-10/h2-5,11-12H,6H2,1H3. The summed E-state index contributed by atoms with van der Waals surface area (Å²) in [7, 11) is -3.27. The molecule has 0 aliphatic heterocycles. The second-order valence-corrected chi connectivity index (χ2v) is 5.25. The number of fused-ring (bicyclic) bond motifs is 1. The highest BCUT2D eigenvalue weighted by Crippen LogP contribution is 2.23. The van der Waals surface area contributed by atoms with E-state index in [0.29, 0.717) is 17.0 Å². The average Bonchev–Trinajstić information content (AvgIpc) is 2.57. The van der Waals surface area contributed by atoms with Crippen molar-refractivity contribution < 1.29 is 17.9 Å². The average molecular weight is 241 g/mol. The minimum absolute atomic E-state index is 0.177. The molecule has 2 N–H and O–H groups in total. The summed E-state index contributed by atoms with van der Waals surface area (Å²) >= 11 is 0. The van der Waals surface area contributed by atoms with E-state index in [2.05, 4.69) is 4.72 Å². The van der Waals surface area contributed by atoms with Crippen molar-refractivity contribution in [2.45, 2.75) is 6.61 Å². The van der Waals surface area contributed by atoms with Crippen LogP contribution >= 0.6 is 0 Å². The fourth-order valence-electron chi connectivity index (χ4n) is 1.45. The Kier molecular flexibility index (Phi) is 2.61. The monoisotopic (exact) mass is 241 g/mol. The van der Waals surface area contributed by atoms with Gasteiger partial charge in [-0.3, -0.25) is 4.72 Å². The largest absolute Gasteiger partial charge is 0.459 e. The Bertz CT molecular complexity index is 615. The van der Waals surface area contributed by atoms with Crippen molar-refractivity contribution in [3.05, 3.63) is 30.0 Å². The quantitative estimate of drug-likeness (QED) is 0.848. The Morgan fingerprint density at radius 1 is 1.38 bits per heavy atom. The molecule has 0 bridgehead atoms. The van der Waals surface area contributed by atoms with E-state index >= 15 is 0 Å². The summed E-state index contributed by atoms with van der Waals surface area (Å²) in [5, 5.41) is 9.64. The van der Waals surface area contributed by atoms with Gasteiger partial charge in [0.2, 0.25) is 10.0 Å². The van der Waals surface area contributed by atoms with Crippen LogP contribution in [0.1, 0.15) is 5.76 Å². The van der Waals surface area contributed by atoms with E-state index in [1.54, 1.807) is 24.3 Å². The van der Waals surface area contributed by atoms with Crippen molar-refractivity contribution in [3.63, 3.8) is 0 Å². The van der Waals surface area contributed by atoms with Crippen LogP contribution in [0.4, 0.5) is 5.69 Å². The van der Waals surface area contributed by atoms with Gasteiger partial charge in [0, 0.05) is 11.1 Å². The van der Waals surface area contributed by atoms with E-state index in [1.807, 2.05) is 0 Å². The van der Waals surface area contributed by atoms with Gasteiger partial charge < -0.3 is 9.52 Å². The van der Waals surface area contributed by atoms with Gasteiger partial charge in [-0.15, -0.1) is 0 Å². The van der Waals surface area contributed by atoms with Gasteiger partial charge >= 0.3 is 0 Å². The number of hydrogen-bond acceptors (Lipinski definition) is 4. The van der Waals surface area contributed by atoms with Crippen molar-refractivity contribution in [1.82, 2.24) is 0 Å². The van der Waals surface area contributed by atoms with Gasteiger partial charge in [-0.25, -0.2) is 8.42 Å². The number of rotatable bonds is 3. The molecule has 0 spiro atoms. The van der Waals surface area contributed by atoms with Gasteiger partial charge in [0.1, 0.15) is 18.0 Å². The van der Waals surface area contributed by atoms with Crippen LogP contribution in [0.3, 0.4) is 0 Å². The Balaban J connectivity index is 2.43. The van der Waals surface area contributed by atoms with Crippen LogP contribution < -0.4 is 4.72 Å². The maximum absolute atomic E-state index is 11.0. The molecule has 0 saturated carbocycles. The molecule has 1 heterocycles. The first-order valence-corrected chi connectivity index (χ1v) is 6.48. The Labute approximate surface area is 92.7 Å². The summed E-state index contributed by atoms with van der Waals surface area (Å²) < 4.78 is 29.7. The molecular weight excluding hydrogens is 230 g/mol. The summed E-state index contributed by atoms with van der Waals surface area (Å²) in [5.74, 6) is 0.450. The van der Waals surface area contributed by atoms with Crippen LogP contribution in [-0.2, 0) is 16.6 Å². The lowest BCUT2D eigenvalue weighted by atomic mass is 10.2. The third-order valence-corrected chi connectivity index (χ3v) is 2.63. The molecule has 16 heavy (non-hydrogen) atoms. The van der Waals surface area contributed by atoms with E-state index in [-0.39, 0.29) is 6.61 Å². The molecule has 0 saturated heterocycles. The number of aliphatic hydroxyl groups excluding tert-OH is 1. The van der Waals surface area contributed by atoms with Crippen LogP contribution in [0.15, 0.2) is 28.7 Å². The molecular formula is C10H11NO4S. The molecule has 86 valence electrons. The van der Waals surface area contributed by atoms with E-state index in [4.69, 9.17) is 9.52 Å². The molecule has 0 fully saturated rings. The number of sulfonamides is 1. The van der Waals surface area contributed by atoms with Crippen LogP contribution in [-0.4, -0.2) is 19.8 Å². The highest BCUT2D eigenvalue weighted by molar-refractivity contribution is 7.92. The fraction of sp³-hybridized carbons (Fsp3) is 0.200. The molecule has 6 heteroatoms. The van der Waals surface area contributed by atoms with E-state index in [1.165, 1.54) is 0 Å². The van der Waals surface area contributed by atoms with Crippen LogP contribution in [0, 0.1) is 0 Å². The second kappa shape index (κ2) is 3.80. The summed E-state index contributed by atoms with van der Waals surface area (Å²) in [6, 6.07) is 6.58. The molecule has 0 aliphatic carbocycles. The summed E-state index contributed by atoms with van der Waals surface area (Å²) in [6.45, 7) is -0.177. The number of nitrogens with one attached hydrogen (secondary N) is 1. The van der Waals surface area contributed by atoms with Crippen molar-refractivity contribution >= 4 is 26.7 Å². The molecule has 2 rings (SSSR count). The Hall–Kier alpha value is -1.53. The summed E-state index contributed by atoms with van der Waals surface area (Å²) in [6.07, 6.45) is 1.09. The van der Waals surface area contributed by atoms with E-state index in [9.17, 15) is 8.42 Å². The summed E-state index contributed by atoms with van der Waals surface area (Å²) in [5.41, 5.74) is 1.09. The SMILES string of the molecule is CS(=O)(=O)Nc1ccc2oc(CO)cc2c1. The van der Waals surface area contributed by atoms with Gasteiger partial charge in [-0.05, 0) is 24.3 Å². The first-order chi connectivity index (χ1) is 7.48. The molecule has 0 aliphatic rings. The number of anilines is 1. The summed E-state index contributed by atoms with van der Waals surface area (Å²) in [4.78, 5) is 0. The maximum atomic E-state index is 11.0. The third kappa shape index (κ3) is 2.34. The lowest BCUT2D eigenvalue weighted by Crippen LogP contribution is -2.09. The van der Waals surface area contributed by atoms with E-state index < -0.39 is 10.0 Å². The minimum atomic E-state index is -3.27. The lowest BCUT2D eigenvalue weighted by Gasteiger charge is -2.02. The van der Waals surface area contributed by atoms with Gasteiger partial charge in [0.25, 0.3) is 0 Å². The lowest BCUT2D eigenvalue weighted by molar-refractivity contribution is 0.251. The topological polar surface area (TPSA) is 79.5 Å². The van der Waals surface area contributed by atoms with Crippen molar-refractivity contribution in [2.75, 3.05) is 11.0 Å². The minimum Gasteiger partial charge on any atom is -0.459 e. The van der Waals surface area contributed by atoms with E-state index in [0.717, 1.165) is 11.6 Å². The zero-order valence-corrected chi connectivity index (χ0v) is 9.41. The molecule has 5 nitrogen and oxygen atoms in total. The molecule has 1 aromatic heterocycles. The van der Waals surface area contributed by atoms with Gasteiger partial charge in [-0.1, -0.05) is 0 Å². The Morgan fingerprint density at radius 3 is 2.75 bits per heavy atom. The van der Waals surface area contributed by atoms with Gasteiger partial charge in [-0.2, -0.15) is 0 Å². The zero-order chi connectivity index (χ0) is 11.8. The number of hydrogen-bond donors (Lipinski definition) is 2.